The number of carbonyl (C=O) groups is 2. The van der Waals surface area contributed by atoms with Gasteiger partial charge < -0.3 is 14.2 Å². The number of amides is 1. The lowest BCUT2D eigenvalue weighted by Gasteiger charge is -2.09. The van der Waals surface area contributed by atoms with Crippen LogP contribution in [0.2, 0.25) is 0 Å². The van der Waals surface area contributed by atoms with E-state index in [-0.39, 0.29) is 0 Å². The quantitative estimate of drug-likeness (QED) is 0.170. The van der Waals surface area contributed by atoms with Gasteiger partial charge in [-0.05, 0) is 25.0 Å². The minimum Gasteiger partial charge on any atom is -0.449 e. The third-order valence-corrected chi connectivity index (χ3v) is 4.73. The highest BCUT2D eigenvalue weighted by Crippen LogP contribution is 2.18. The Hall–Kier alpha value is -2.24. The average Bonchev–Trinajstić information content (AvgIpc) is 2.72. The monoisotopic (exact) mass is 421 g/mol. The van der Waals surface area contributed by atoms with Crippen LogP contribution in [0.25, 0.3) is 0 Å². The number of ether oxygens (including phenoxy) is 3. The minimum atomic E-state index is -0.730. The van der Waals surface area contributed by atoms with E-state index < -0.39 is 12.2 Å². The Kier molecular flexibility index (Phi) is 15.1. The Balaban J connectivity index is 2.20. The average molecular weight is 422 g/mol. The van der Waals surface area contributed by atoms with Crippen LogP contribution in [0.5, 0.6) is 5.75 Å². The minimum absolute atomic E-state index is 0.316. The number of benzene rings is 1. The second-order valence-corrected chi connectivity index (χ2v) is 7.52. The molecule has 6 heteroatoms. The van der Waals surface area contributed by atoms with Gasteiger partial charge in [0.25, 0.3) is 0 Å². The Bertz CT molecular complexity index is 543. The van der Waals surface area contributed by atoms with Crippen LogP contribution in [0.15, 0.2) is 24.3 Å². The summed E-state index contributed by atoms with van der Waals surface area (Å²) in [4.78, 5) is 23.7. The van der Waals surface area contributed by atoms with E-state index in [4.69, 9.17) is 14.2 Å². The summed E-state index contributed by atoms with van der Waals surface area (Å²) < 4.78 is 15.5. The lowest BCUT2D eigenvalue weighted by Crippen LogP contribution is -2.15. The second-order valence-electron chi connectivity index (χ2n) is 7.52. The molecule has 0 fully saturated rings. The highest BCUT2D eigenvalue weighted by atomic mass is 16.7. The lowest BCUT2D eigenvalue weighted by molar-refractivity contribution is 0.0973. The highest BCUT2D eigenvalue weighted by molar-refractivity contribution is 5.85. The van der Waals surface area contributed by atoms with Crippen LogP contribution in [-0.4, -0.2) is 25.5 Å². The zero-order chi connectivity index (χ0) is 21.9. The van der Waals surface area contributed by atoms with Gasteiger partial charge in [0.2, 0.25) is 0 Å². The highest BCUT2D eigenvalue weighted by Gasteiger charge is 2.08. The molecule has 0 spiro atoms. The van der Waals surface area contributed by atoms with Gasteiger partial charge in [-0.25, -0.2) is 9.59 Å². The van der Waals surface area contributed by atoms with Gasteiger partial charge in [-0.1, -0.05) is 84.1 Å². The molecular formula is C24H39NO5. The number of unbranched alkanes of at least 4 members (excludes halogenated alkanes) is 10. The van der Waals surface area contributed by atoms with Gasteiger partial charge in [-0.2, -0.15) is 0 Å². The molecule has 0 saturated carbocycles. The van der Waals surface area contributed by atoms with E-state index in [1.807, 2.05) is 0 Å². The largest absolute Gasteiger partial charge is 0.513 e. The van der Waals surface area contributed by atoms with E-state index in [2.05, 4.69) is 19.2 Å². The fourth-order valence-corrected chi connectivity index (χ4v) is 3.00. The summed E-state index contributed by atoms with van der Waals surface area (Å²) >= 11 is 0. The molecule has 0 aliphatic rings. The van der Waals surface area contributed by atoms with E-state index >= 15 is 0 Å². The molecule has 1 amide bonds. The molecule has 0 aliphatic heterocycles. The standard InChI is InChI=1S/C24H39NO5/c1-3-5-7-9-11-13-18-28-23(26)25-21-16-15-17-22(20-21)30-24(27)29-19-14-12-10-8-6-4-2/h15-17,20H,3-14,18-19H2,1-2H3,(H,25,26). The molecular weight excluding hydrogens is 382 g/mol. The molecule has 0 heterocycles. The van der Waals surface area contributed by atoms with Gasteiger partial charge in [0.15, 0.2) is 0 Å². The third-order valence-electron chi connectivity index (χ3n) is 4.73. The van der Waals surface area contributed by atoms with E-state index in [1.165, 1.54) is 44.9 Å². The number of nitrogens with one attached hydrogen (secondary N) is 1. The molecule has 6 nitrogen and oxygen atoms in total. The van der Waals surface area contributed by atoms with E-state index in [0.29, 0.717) is 24.7 Å². The summed E-state index contributed by atoms with van der Waals surface area (Å²) in [5, 5.41) is 2.65. The van der Waals surface area contributed by atoms with E-state index in [0.717, 1.165) is 32.1 Å². The van der Waals surface area contributed by atoms with Crippen LogP contribution in [0.4, 0.5) is 15.3 Å². The number of carbonyl (C=O) groups excluding carboxylic acids is 2. The topological polar surface area (TPSA) is 73.9 Å². The smallest absolute Gasteiger partial charge is 0.449 e. The first-order valence-electron chi connectivity index (χ1n) is 11.5. The molecule has 0 bridgehead atoms. The Morgan fingerprint density at radius 3 is 1.97 bits per heavy atom. The Labute approximate surface area is 181 Å². The first kappa shape index (κ1) is 25.8. The maximum absolute atomic E-state index is 11.9. The van der Waals surface area contributed by atoms with Crippen molar-refractivity contribution in [3.05, 3.63) is 24.3 Å². The van der Waals surface area contributed by atoms with Gasteiger partial charge in [0.1, 0.15) is 5.75 Å². The van der Waals surface area contributed by atoms with E-state index in [9.17, 15) is 9.59 Å². The molecule has 1 N–H and O–H groups in total. The number of hydrogen-bond acceptors (Lipinski definition) is 5. The van der Waals surface area contributed by atoms with Crippen molar-refractivity contribution in [3.63, 3.8) is 0 Å². The molecule has 1 aromatic carbocycles. The normalized spacial score (nSPS) is 10.5. The number of rotatable bonds is 16. The first-order chi connectivity index (χ1) is 14.7. The Morgan fingerprint density at radius 2 is 1.33 bits per heavy atom. The summed E-state index contributed by atoms with van der Waals surface area (Å²) in [6.07, 6.45) is 12.3. The summed E-state index contributed by atoms with van der Waals surface area (Å²) in [6, 6.07) is 6.61. The summed E-state index contributed by atoms with van der Waals surface area (Å²) in [6.45, 7) is 5.13. The van der Waals surface area contributed by atoms with Crippen molar-refractivity contribution >= 4 is 17.9 Å². The van der Waals surface area contributed by atoms with Crippen molar-refractivity contribution in [1.82, 2.24) is 0 Å². The molecule has 1 rings (SSSR count). The molecule has 0 unspecified atom stereocenters. The molecule has 0 aliphatic carbocycles. The molecule has 170 valence electrons. The molecule has 0 radical (unpaired) electrons. The number of anilines is 1. The number of hydrogen-bond donors (Lipinski definition) is 1. The van der Waals surface area contributed by atoms with Crippen molar-refractivity contribution in [1.29, 1.82) is 0 Å². The first-order valence-corrected chi connectivity index (χ1v) is 11.5. The van der Waals surface area contributed by atoms with Crippen LogP contribution in [0, 0.1) is 0 Å². The SMILES string of the molecule is CCCCCCCCOC(=O)Nc1cccc(OC(=O)OCCCCCCCC)c1. The predicted octanol–water partition coefficient (Wildman–Crippen LogP) is 7.47. The van der Waals surface area contributed by atoms with Gasteiger partial charge >= 0.3 is 12.2 Å². The van der Waals surface area contributed by atoms with E-state index in [1.54, 1.807) is 24.3 Å². The van der Waals surface area contributed by atoms with Crippen LogP contribution >= 0.6 is 0 Å². The second kappa shape index (κ2) is 17.6. The summed E-state index contributed by atoms with van der Waals surface area (Å²) in [7, 11) is 0. The van der Waals surface area contributed by atoms with Gasteiger partial charge in [-0.15, -0.1) is 0 Å². The third kappa shape index (κ3) is 13.9. The zero-order valence-electron chi connectivity index (χ0n) is 18.8. The maximum atomic E-state index is 11.9. The molecule has 0 atom stereocenters. The maximum Gasteiger partial charge on any atom is 0.513 e. The lowest BCUT2D eigenvalue weighted by atomic mass is 10.1. The van der Waals surface area contributed by atoms with Crippen LogP contribution in [0.1, 0.15) is 90.9 Å². The summed E-state index contributed by atoms with van der Waals surface area (Å²) in [5.41, 5.74) is 0.504. The zero-order valence-corrected chi connectivity index (χ0v) is 18.8. The van der Waals surface area contributed by atoms with Gasteiger partial charge in [0, 0.05) is 11.8 Å². The predicted molar refractivity (Wildman–Crippen MR) is 120 cm³/mol. The Morgan fingerprint density at radius 1 is 0.767 bits per heavy atom. The molecule has 1 aromatic rings. The summed E-state index contributed by atoms with van der Waals surface area (Å²) in [5.74, 6) is 0.316. The van der Waals surface area contributed by atoms with Crippen molar-refractivity contribution in [2.24, 2.45) is 0 Å². The molecule has 30 heavy (non-hydrogen) atoms. The van der Waals surface area contributed by atoms with Crippen LogP contribution in [-0.2, 0) is 9.47 Å². The van der Waals surface area contributed by atoms with Gasteiger partial charge in [0.05, 0.1) is 13.2 Å². The fourth-order valence-electron chi connectivity index (χ4n) is 3.00. The van der Waals surface area contributed by atoms with Crippen molar-refractivity contribution < 1.29 is 23.8 Å². The molecule has 0 saturated heterocycles. The van der Waals surface area contributed by atoms with Gasteiger partial charge in [-0.3, -0.25) is 5.32 Å². The van der Waals surface area contributed by atoms with Crippen LogP contribution in [0.3, 0.4) is 0 Å². The molecule has 0 aromatic heterocycles. The van der Waals surface area contributed by atoms with Crippen molar-refractivity contribution in [3.8, 4) is 5.75 Å². The fraction of sp³-hybridized carbons (Fsp3) is 0.667. The van der Waals surface area contributed by atoms with Crippen molar-refractivity contribution in [2.45, 2.75) is 90.9 Å². The van der Waals surface area contributed by atoms with Crippen molar-refractivity contribution in [2.75, 3.05) is 18.5 Å². The van der Waals surface area contributed by atoms with Crippen LogP contribution < -0.4 is 10.1 Å².